The van der Waals surface area contributed by atoms with Crippen molar-refractivity contribution in [2.75, 3.05) is 33.4 Å². The van der Waals surface area contributed by atoms with E-state index in [1.807, 2.05) is 31.2 Å². The molecule has 5 nitrogen and oxygen atoms in total. The third kappa shape index (κ3) is 5.21. The highest BCUT2D eigenvalue weighted by Crippen LogP contribution is 2.34. The molecule has 0 aromatic heterocycles. The second-order valence-corrected chi connectivity index (χ2v) is 7.48. The van der Waals surface area contributed by atoms with Crippen LogP contribution in [-0.2, 0) is 9.53 Å². The number of likely N-dealkylation sites (tertiary alicyclic amines) is 1. The molecule has 29 heavy (non-hydrogen) atoms. The van der Waals surface area contributed by atoms with E-state index in [1.165, 1.54) is 24.3 Å². The summed E-state index contributed by atoms with van der Waals surface area (Å²) >= 11 is 0. The first kappa shape index (κ1) is 21.0. The number of hydrogen-bond donors (Lipinski definition) is 1. The summed E-state index contributed by atoms with van der Waals surface area (Å²) < 4.78 is 18.2. The number of nitrogens with zero attached hydrogens (tertiary/aromatic N) is 1. The molecule has 6 heteroatoms. The zero-order chi connectivity index (χ0) is 20.8. The number of carbonyl (C=O) groups is 2. The molecule has 1 N–H and O–H groups in total. The van der Waals surface area contributed by atoms with Crippen molar-refractivity contribution in [2.45, 2.75) is 19.3 Å². The van der Waals surface area contributed by atoms with Crippen LogP contribution in [0.25, 0.3) is 0 Å². The highest BCUT2D eigenvalue weighted by atomic mass is 19.1. The van der Waals surface area contributed by atoms with Crippen LogP contribution in [0, 0.1) is 18.7 Å². The average Bonchev–Trinajstić information content (AvgIpc) is 3.17. The Morgan fingerprint density at radius 1 is 1.10 bits per heavy atom. The Bertz CT molecular complexity index is 836. The van der Waals surface area contributed by atoms with Crippen molar-refractivity contribution in [3.05, 3.63) is 71.0 Å². The van der Waals surface area contributed by atoms with Crippen LogP contribution in [0.3, 0.4) is 0 Å². The van der Waals surface area contributed by atoms with Crippen molar-refractivity contribution in [1.82, 2.24) is 10.2 Å². The van der Waals surface area contributed by atoms with Gasteiger partial charge in [-0.15, -0.1) is 0 Å². The predicted octanol–water partition coefficient (Wildman–Crippen LogP) is 3.14. The maximum Gasteiger partial charge on any atom is 0.253 e. The van der Waals surface area contributed by atoms with Gasteiger partial charge in [-0.05, 0) is 43.2 Å². The van der Waals surface area contributed by atoms with Gasteiger partial charge in [0, 0.05) is 44.8 Å². The van der Waals surface area contributed by atoms with E-state index in [1.54, 1.807) is 12.0 Å². The highest BCUT2D eigenvalue weighted by molar-refractivity contribution is 5.95. The van der Waals surface area contributed by atoms with Gasteiger partial charge in [-0.1, -0.05) is 29.8 Å². The molecule has 154 valence electrons. The summed E-state index contributed by atoms with van der Waals surface area (Å²) in [6, 6.07) is 13.6. The molecular formula is C23H27FN2O3. The van der Waals surface area contributed by atoms with Crippen molar-refractivity contribution in [1.29, 1.82) is 0 Å². The van der Waals surface area contributed by atoms with Crippen molar-refractivity contribution < 1.29 is 18.7 Å². The van der Waals surface area contributed by atoms with Crippen molar-refractivity contribution in [3.63, 3.8) is 0 Å². The molecule has 0 aliphatic carbocycles. The van der Waals surface area contributed by atoms with E-state index in [0.717, 1.165) is 17.5 Å². The Labute approximate surface area is 170 Å². The van der Waals surface area contributed by atoms with Crippen molar-refractivity contribution in [2.24, 2.45) is 5.92 Å². The topological polar surface area (TPSA) is 58.6 Å². The van der Waals surface area contributed by atoms with Gasteiger partial charge in [-0.3, -0.25) is 9.59 Å². The maximum absolute atomic E-state index is 13.2. The van der Waals surface area contributed by atoms with E-state index >= 15 is 0 Å². The molecule has 2 aromatic carbocycles. The van der Waals surface area contributed by atoms with Gasteiger partial charge in [0.05, 0.1) is 5.92 Å². The molecule has 0 radical (unpaired) electrons. The fourth-order valence-corrected chi connectivity index (χ4v) is 3.72. The molecule has 1 saturated heterocycles. The number of halogens is 1. The normalized spacial score (nSPS) is 18.7. The quantitative estimate of drug-likeness (QED) is 0.729. The number of ether oxygens (including phenoxy) is 1. The van der Waals surface area contributed by atoms with E-state index in [0.29, 0.717) is 31.8 Å². The molecule has 1 aliphatic rings. The lowest BCUT2D eigenvalue weighted by molar-refractivity contribution is -0.124. The number of methoxy groups -OCH3 is 1. The summed E-state index contributed by atoms with van der Waals surface area (Å²) in [5, 5.41) is 2.97. The van der Waals surface area contributed by atoms with E-state index in [4.69, 9.17) is 4.74 Å². The average molecular weight is 398 g/mol. The number of amides is 2. The summed E-state index contributed by atoms with van der Waals surface area (Å²) in [4.78, 5) is 27.5. The van der Waals surface area contributed by atoms with Crippen LogP contribution in [0.15, 0.2) is 48.5 Å². The third-order valence-electron chi connectivity index (χ3n) is 5.36. The number of hydrogen-bond acceptors (Lipinski definition) is 3. The van der Waals surface area contributed by atoms with Crippen LogP contribution < -0.4 is 5.32 Å². The molecule has 1 aliphatic heterocycles. The molecule has 2 atom stereocenters. The van der Waals surface area contributed by atoms with E-state index in [9.17, 15) is 14.0 Å². The van der Waals surface area contributed by atoms with Crippen LogP contribution in [-0.4, -0.2) is 50.1 Å². The summed E-state index contributed by atoms with van der Waals surface area (Å²) in [6.07, 6.45) is 0.738. The largest absolute Gasteiger partial charge is 0.385 e. The van der Waals surface area contributed by atoms with E-state index in [-0.39, 0.29) is 29.5 Å². The van der Waals surface area contributed by atoms with Crippen LogP contribution in [0.2, 0.25) is 0 Å². The summed E-state index contributed by atoms with van der Waals surface area (Å²) in [6.45, 7) is 3.93. The molecule has 1 heterocycles. The van der Waals surface area contributed by atoms with Crippen molar-refractivity contribution in [3.8, 4) is 0 Å². The minimum Gasteiger partial charge on any atom is -0.385 e. The second kappa shape index (κ2) is 9.65. The van der Waals surface area contributed by atoms with Gasteiger partial charge in [0.2, 0.25) is 5.91 Å². The minimum absolute atomic E-state index is 0.0546. The first-order chi connectivity index (χ1) is 14.0. The van der Waals surface area contributed by atoms with Gasteiger partial charge in [0.1, 0.15) is 5.82 Å². The lowest BCUT2D eigenvalue weighted by Gasteiger charge is -2.18. The highest BCUT2D eigenvalue weighted by Gasteiger charge is 2.40. The van der Waals surface area contributed by atoms with Gasteiger partial charge in [0.15, 0.2) is 0 Å². The predicted molar refractivity (Wildman–Crippen MR) is 109 cm³/mol. The Hall–Kier alpha value is -2.73. The maximum atomic E-state index is 13.2. The third-order valence-corrected chi connectivity index (χ3v) is 5.36. The minimum atomic E-state index is -0.381. The zero-order valence-electron chi connectivity index (χ0n) is 16.9. The molecule has 0 bridgehead atoms. The van der Waals surface area contributed by atoms with Crippen LogP contribution in [0.5, 0.6) is 0 Å². The SMILES string of the molecule is COCCCNC(=O)C1CN(C(=O)c2ccc(F)cc2)CC1c1ccc(C)cc1. The molecule has 0 saturated carbocycles. The van der Waals surface area contributed by atoms with Crippen molar-refractivity contribution >= 4 is 11.8 Å². The molecule has 2 aromatic rings. The van der Waals surface area contributed by atoms with Gasteiger partial charge in [-0.2, -0.15) is 0 Å². The van der Waals surface area contributed by atoms with Crippen LogP contribution >= 0.6 is 0 Å². The first-order valence-corrected chi connectivity index (χ1v) is 9.87. The summed E-state index contributed by atoms with van der Waals surface area (Å²) in [7, 11) is 1.63. The Kier molecular flexibility index (Phi) is 6.99. The molecule has 1 fully saturated rings. The number of benzene rings is 2. The molecule has 0 spiro atoms. The standard InChI is InChI=1S/C23H27FN2O3/c1-16-4-6-17(7-5-16)20-14-26(23(28)18-8-10-19(24)11-9-18)15-21(20)22(27)25-12-3-13-29-2/h4-11,20-21H,3,12-15H2,1-2H3,(H,25,27). The Morgan fingerprint density at radius 2 is 1.79 bits per heavy atom. The van der Waals surface area contributed by atoms with E-state index in [2.05, 4.69) is 5.32 Å². The van der Waals surface area contributed by atoms with E-state index < -0.39 is 0 Å². The Morgan fingerprint density at radius 3 is 2.45 bits per heavy atom. The number of carbonyl (C=O) groups excluding carboxylic acids is 2. The molecule has 2 amide bonds. The van der Waals surface area contributed by atoms with Crippen LogP contribution in [0.1, 0.15) is 33.8 Å². The second-order valence-electron chi connectivity index (χ2n) is 7.48. The number of nitrogens with one attached hydrogen (secondary N) is 1. The Balaban J connectivity index is 1.77. The lowest BCUT2D eigenvalue weighted by atomic mass is 9.88. The molecular weight excluding hydrogens is 371 g/mol. The van der Waals surface area contributed by atoms with Gasteiger partial charge < -0.3 is 15.0 Å². The van der Waals surface area contributed by atoms with Crippen LogP contribution in [0.4, 0.5) is 4.39 Å². The number of aryl methyl sites for hydroxylation is 1. The van der Waals surface area contributed by atoms with Gasteiger partial charge >= 0.3 is 0 Å². The fourth-order valence-electron chi connectivity index (χ4n) is 3.72. The number of rotatable bonds is 7. The summed E-state index contributed by atoms with van der Waals surface area (Å²) in [5.41, 5.74) is 2.61. The lowest BCUT2D eigenvalue weighted by Crippen LogP contribution is -2.36. The smallest absolute Gasteiger partial charge is 0.253 e. The first-order valence-electron chi connectivity index (χ1n) is 9.87. The monoisotopic (exact) mass is 398 g/mol. The summed E-state index contributed by atoms with van der Waals surface area (Å²) in [5.74, 6) is -1.03. The fraction of sp³-hybridized carbons (Fsp3) is 0.391. The molecule has 3 rings (SSSR count). The molecule has 2 unspecified atom stereocenters. The van der Waals surface area contributed by atoms with Gasteiger partial charge in [-0.25, -0.2) is 4.39 Å². The zero-order valence-corrected chi connectivity index (χ0v) is 16.9. The van der Waals surface area contributed by atoms with Gasteiger partial charge in [0.25, 0.3) is 5.91 Å².